The molecule has 1 fully saturated rings. The Bertz CT molecular complexity index is 1050. The number of hydrogen-bond acceptors (Lipinski definition) is 5. The summed E-state index contributed by atoms with van der Waals surface area (Å²) >= 11 is 7.63. The Kier molecular flexibility index (Phi) is 7.49. The SMILES string of the molecule is CCC/N=C1/S/C(=C\c2ccc(O/C=C/C=O)c(Cl)c2)C(=O)N1c1ccccc1C. The van der Waals surface area contributed by atoms with Crippen molar-refractivity contribution in [3.05, 3.63) is 75.9 Å². The van der Waals surface area contributed by atoms with Crippen LogP contribution in [-0.4, -0.2) is 23.9 Å². The van der Waals surface area contributed by atoms with Crippen molar-refractivity contribution >= 4 is 52.5 Å². The lowest BCUT2D eigenvalue weighted by atomic mass is 10.1. The molecule has 1 heterocycles. The fourth-order valence-corrected chi connectivity index (χ4v) is 4.04. The molecule has 0 atom stereocenters. The molecule has 0 spiro atoms. The van der Waals surface area contributed by atoms with Crippen LogP contribution in [-0.2, 0) is 9.59 Å². The van der Waals surface area contributed by atoms with Gasteiger partial charge < -0.3 is 4.74 Å². The summed E-state index contributed by atoms with van der Waals surface area (Å²) in [6.07, 6.45) is 5.81. The summed E-state index contributed by atoms with van der Waals surface area (Å²) in [6.45, 7) is 4.68. The number of thioether (sulfide) groups is 1. The van der Waals surface area contributed by atoms with Gasteiger partial charge >= 0.3 is 0 Å². The van der Waals surface area contributed by atoms with Crippen LogP contribution in [0.1, 0.15) is 24.5 Å². The number of aliphatic imine (C=N–C) groups is 1. The zero-order chi connectivity index (χ0) is 21.5. The second kappa shape index (κ2) is 10.3. The Labute approximate surface area is 185 Å². The predicted octanol–water partition coefficient (Wildman–Crippen LogP) is 5.63. The number of aldehydes is 1. The molecule has 0 N–H and O–H groups in total. The number of allylic oxidation sites excluding steroid dienone is 1. The van der Waals surface area contributed by atoms with E-state index in [1.165, 1.54) is 24.1 Å². The summed E-state index contributed by atoms with van der Waals surface area (Å²) in [5.41, 5.74) is 2.60. The van der Waals surface area contributed by atoms with Gasteiger partial charge in [-0.15, -0.1) is 0 Å². The minimum absolute atomic E-state index is 0.116. The zero-order valence-electron chi connectivity index (χ0n) is 16.7. The van der Waals surface area contributed by atoms with Crippen LogP contribution in [0.25, 0.3) is 6.08 Å². The van der Waals surface area contributed by atoms with E-state index in [0.29, 0.717) is 33.7 Å². The average molecular weight is 441 g/mol. The number of hydrogen-bond donors (Lipinski definition) is 0. The first-order valence-electron chi connectivity index (χ1n) is 9.45. The van der Waals surface area contributed by atoms with Crippen molar-refractivity contribution in [1.82, 2.24) is 0 Å². The Balaban J connectivity index is 1.92. The molecule has 0 saturated carbocycles. The van der Waals surface area contributed by atoms with Crippen LogP contribution in [0.2, 0.25) is 5.02 Å². The standard InChI is InChI=1S/C23H21ClN2O3S/c1-3-11-25-23-26(19-8-5-4-7-16(19)2)22(28)21(30-23)15-17-9-10-20(18(24)14-17)29-13-6-12-27/h4-10,12-15H,3,11H2,1-2H3/b13-6+,21-15-,25-23+. The van der Waals surface area contributed by atoms with Gasteiger partial charge in [0.05, 0.1) is 21.9 Å². The lowest BCUT2D eigenvalue weighted by Gasteiger charge is -2.17. The van der Waals surface area contributed by atoms with E-state index in [9.17, 15) is 9.59 Å². The van der Waals surface area contributed by atoms with Crippen molar-refractivity contribution in [3.63, 3.8) is 0 Å². The van der Waals surface area contributed by atoms with Crippen LogP contribution in [0.5, 0.6) is 5.75 Å². The first-order valence-corrected chi connectivity index (χ1v) is 10.6. The third-order valence-electron chi connectivity index (χ3n) is 4.24. The van der Waals surface area contributed by atoms with Crippen LogP contribution in [0.15, 0.2) is 64.7 Å². The number of aryl methyl sites for hydroxylation is 1. The Hall–Kier alpha value is -2.83. The number of para-hydroxylation sites is 1. The summed E-state index contributed by atoms with van der Waals surface area (Å²) in [4.78, 5) is 30.4. The molecule has 3 rings (SSSR count). The third kappa shape index (κ3) is 5.01. The zero-order valence-corrected chi connectivity index (χ0v) is 18.2. The van der Waals surface area contributed by atoms with E-state index in [0.717, 1.165) is 23.2 Å². The van der Waals surface area contributed by atoms with E-state index in [4.69, 9.17) is 16.3 Å². The molecule has 1 aliphatic heterocycles. The van der Waals surface area contributed by atoms with Crippen molar-refractivity contribution in [2.75, 3.05) is 11.4 Å². The van der Waals surface area contributed by atoms with Crippen molar-refractivity contribution < 1.29 is 14.3 Å². The lowest BCUT2D eigenvalue weighted by Crippen LogP contribution is -2.29. The molecule has 0 bridgehead atoms. The summed E-state index contributed by atoms with van der Waals surface area (Å²) in [5.74, 6) is 0.309. The molecule has 0 aliphatic carbocycles. The number of anilines is 1. The molecule has 7 heteroatoms. The molecular formula is C23H21ClN2O3S. The number of amidine groups is 1. The molecule has 1 saturated heterocycles. The van der Waals surface area contributed by atoms with Crippen molar-refractivity contribution in [2.45, 2.75) is 20.3 Å². The van der Waals surface area contributed by atoms with E-state index >= 15 is 0 Å². The Morgan fingerprint density at radius 2 is 2.03 bits per heavy atom. The van der Waals surface area contributed by atoms with Crippen LogP contribution >= 0.6 is 23.4 Å². The fourth-order valence-electron chi connectivity index (χ4n) is 2.81. The minimum Gasteiger partial charge on any atom is -0.463 e. The van der Waals surface area contributed by atoms with Gasteiger partial charge in [0.25, 0.3) is 5.91 Å². The second-order valence-corrected chi connectivity index (χ2v) is 7.89. The largest absolute Gasteiger partial charge is 0.463 e. The maximum absolute atomic E-state index is 13.2. The normalized spacial score (nSPS) is 16.8. The highest BCUT2D eigenvalue weighted by atomic mass is 35.5. The number of nitrogens with zero attached hydrogens (tertiary/aromatic N) is 2. The molecule has 2 aromatic rings. The summed E-state index contributed by atoms with van der Waals surface area (Å²) in [5, 5.41) is 1.05. The van der Waals surface area contributed by atoms with Crippen molar-refractivity contribution in [2.24, 2.45) is 4.99 Å². The van der Waals surface area contributed by atoms with E-state index in [1.807, 2.05) is 31.2 Å². The average Bonchev–Trinajstić information content (AvgIpc) is 3.03. The third-order valence-corrected chi connectivity index (χ3v) is 5.54. The highest BCUT2D eigenvalue weighted by Crippen LogP contribution is 2.38. The smallest absolute Gasteiger partial charge is 0.271 e. The molecular weight excluding hydrogens is 420 g/mol. The van der Waals surface area contributed by atoms with E-state index in [2.05, 4.69) is 11.9 Å². The molecule has 0 unspecified atom stereocenters. The van der Waals surface area contributed by atoms with E-state index in [-0.39, 0.29) is 5.91 Å². The van der Waals surface area contributed by atoms with Crippen LogP contribution < -0.4 is 9.64 Å². The van der Waals surface area contributed by atoms with Crippen molar-refractivity contribution in [3.8, 4) is 5.75 Å². The number of carbonyl (C=O) groups excluding carboxylic acids is 2. The topological polar surface area (TPSA) is 59.0 Å². The lowest BCUT2D eigenvalue weighted by molar-refractivity contribution is -0.113. The first kappa shape index (κ1) is 21.9. The van der Waals surface area contributed by atoms with Crippen LogP contribution in [0, 0.1) is 6.92 Å². The van der Waals surface area contributed by atoms with Gasteiger partial charge in [-0.05, 0) is 60.5 Å². The maximum Gasteiger partial charge on any atom is 0.271 e. The highest BCUT2D eigenvalue weighted by molar-refractivity contribution is 8.19. The minimum atomic E-state index is -0.116. The van der Waals surface area contributed by atoms with Gasteiger partial charge in [-0.3, -0.25) is 19.5 Å². The number of carbonyl (C=O) groups is 2. The number of amides is 1. The number of ether oxygens (including phenoxy) is 1. The van der Waals surface area contributed by atoms with Gasteiger partial charge in [-0.2, -0.15) is 0 Å². The monoisotopic (exact) mass is 440 g/mol. The predicted molar refractivity (Wildman–Crippen MR) is 124 cm³/mol. The first-order chi connectivity index (χ1) is 14.5. The highest BCUT2D eigenvalue weighted by Gasteiger charge is 2.35. The summed E-state index contributed by atoms with van der Waals surface area (Å²) in [7, 11) is 0. The van der Waals surface area contributed by atoms with Crippen LogP contribution in [0.3, 0.4) is 0 Å². The molecule has 1 aliphatic rings. The molecule has 2 aromatic carbocycles. The molecule has 5 nitrogen and oxygen atoms in total. The molecule has 0 radical (unpaired) electrons. The second-order valence-electron chi connectivity index (χ2n) is 6.47. The fraction of sp³-hybridized carbons (Fsp3) is 0.174. The number of benzene rings is 2. The molecule has 0 aromatic heterocycles. The Morgan fingerprint density at radius 1 is 1.23 bits per heavy atom. The molecule has 30 heavy (non-hydrogen) atoms. The quantitative estimate of drug-likeness (QED) is 0.318. The maximum atomic E-state index is 13.2. The number of halogens is 1. The van der Waals surface area contributed by atoms with Gasteiger partial charge in [0, 0.05) is 12.6 Å². The van der Waals surface area contributed by atoms with E-state index < -0.39 is 0 Å². The van der Waals surface area contributed by atoms with E-state index in [1.54, 1.807) is 29.2 Å². The van der Waals surface area contributed by atoms with Crippen molar-refractivity contribution in [1.29, 1.82) is 0 Å². The van der Waals surface area contributed by atoms with Gasteiger partial charge in [0.15, 0.2) is 5.17 Å². The van der Waals surface area contributed by atoms with Gasteiger partial charge in [-0.25, -0.2) is 0 Å². The summed E-state index contributed by atoms with van der Waals surface area (Å²) < 4.78 is 5.31. The molecule has 1 amide bonds. The van der Waals surface area contributed by atoms with Gasteiger partial charge in [0.2, 0.25) is 0 Å². The summed E-state index contributed by atoms with van der Waals surface area (Å²) in [6, 6.07) is 13.0. The van der Waals surface area contributed by atoms with Gasteiger partial charge in [0.1, 0.15) is 12.0 Å². The molecule has 154 valence electrons. The Morgan fingerprint density at radius 3 is 2.73 bits per heavy atom. The van der Waals surface area contributed by atoms with Gasteiger partial charge in [-0.1, -0.05) is 42.8 Å². The number of rotatable bonds is 7. The van der Waals surface area contributed by atoms with Crippen LogP contribution in [0.4, 0.5) is 5.69 Å².